The number of hydrogen-bond acceptors (Lipinski definition) is 3. The van der Waals surface area contributed by atoms with Crippen LogP contribution in [-0.4, -0.2) is 43.6 Å². The first kappa shape index (κ1) is 17.3. The third-order valence-electron chi connectivity index (χ3n) is 4.54. The lowest BCUT2D eigenvalue weighted by Gasteiger charge is -2.36. The molecule has 2 aromatic carbocycles. The van der Waals surface area contributed by atoms with Crippen molar-refractivity contribution in [2.45, 2.75) is 20.8 Å². The van der Waals surface area contributed by atoms with E-state index in [0.29, 0.717) is 6.61 Å². The summed E-state index contributed by atoms with van der Waals surface area (Å²) in [5, 5.41) is 0. The van der Waals surface area contributed by atoms with Crippen molar-refractivity contribution in [2.75, 3.05) is 37.7 Å². The number of carbonyl (C=O) groups excluding carboxylic acids is 1. The highest BCUT2D eigenvalue weighted by molar-refractivity contribution is 5.94. The van der Waals surface area contributed by atoms with Crippen molar-refractivity contribution in [3.8, 4) is 5.75 Å². The molecule has 0 unspecified atom stereocenters. The van der Waals surface area contributed by atoms with Crippen LogP contribution in [0.2, 0.25) is 0 Å². The summed E-state index contributed by atoms with van der Waals surface area (Å²) >= 11 is 0. The lowest BCUT2D eigenvalue weighted by molar-refractivity contribution is 0.0746. The van der Waals surface area contributed by atoms with Gasteiger partial charge in [0.25, 0.3) is 5.91 Å². The molecule has 1 aliphatic rings. The van der Waals surface area contributed by atoms with Gasteiger partial charge in [-0.25, -0.2) is 0 Å². The van der Waals surface area contributed by atoms with Gasteiger partial charge in [0.2, 0.25) is 0 Å². The van der Waals surface area contributed by atoms with E-state index in [1.165, 1.54) is 0 Å². The molecule has 0 N–H and O–H groups in total. The fraction of sp³-hybridized carbons (Fsp3) is 0.381. The number of benzene rings is 2. The lowest BCUT2D eigenvalue weighted by atomic mass is 10.1. The molecular weight excluding hydrogens is 312 g/mol. The first-order valence-corrected chi connectivity index (χ1v) is 8.93. The number of carbonyl (C=O) groups is 1. The zero-order valence-electron chi connectivity index (χ0n) is 15.3. The van der Waals surface area contributed by atoms with Gasteiger partial charge in [0.05, 0.1) is 12.3 Å². The maximum atomic E-state index is 12.8. The predicted molar refractivity (Wildman–Crippen MR) is 102 cm³/mol. The van der Waals surface area contributed by atoms with Gasteiger partial charge < -0.3 is 14.5 Å². The standard InChI is InChI=1S/C21H26N2O2/c1-4-25-20-8-6-5-7-19(20)22-9-11-23(12-10-22)21(24)18-14-16(2)13-17(3)15-18/h5-8,13-15H,4,9-12H2,1-3H3. The molecule has 0 atom stereocenters. The number of nitrogens with zero attached hydrogens (tertiary/aromatic N) is 2. The summed E-state index contributed by atoms with van der Waals surface area (Å²) in [6.07, 6.45) is 0. The molecule has 0 radical (unpaired) electrons. The van der Waals surface area contributed by atoms with Crippen LogP contribution in [-0.2, 0) is 0 Å². The average molecular weight is 338 g/mol. The van der Waals surface area contributed by atoms with Crippen LogP contribution < -0.4 is 9.64 Å². The molecule has 0 aromatic heterocycles. The summed E-state index contributed by atoms with van der Waals surface area (Å²) in [6.45, 7) is 9.82. The van der Waals surface area contributed by atoms with Crippen molar-refractivity contribution in [3.63, 3.8) is 0 Å². The third-order valence-corrected chi connectivity index (χ3v) is 4.54. The number of ether oxygens (including phenoxy) is 1. The number of anilines is 1. The molecule has 0 bridgehead atoms. The van der Waals surface area contributed by atoms with Crippen LogP contribution in [0.4, 0.5) is 5.69 Å². The van der Waals surface area contributed by atoms with E-state index in [1.807, 2.05) is 56.0 Å². The molecule has 0 aliphatic carbocycles. The number of piperazine rings is 1. The Morgan fingerprint density at radius 3 is 2.28 bits per heavy atom. The largest absolute Gasteiger partial charge is 0.492 e. The third kappa shape index (κ3) is 3.95. The number of aryl methyl sites for hydroxylation is 2. The van der Waals surface area contributed by atoms with Gasteiger partial charge in [-0.1, -0.05) is 29.3 Å². The Balaban J connectivity index is 1.68. The molecular formula is C21H26N2O2. The van der Waals surface area contributed by atoms with Crippen molar-refractivity contribution in [2.24, 2.45) is 0 Å². The molecule has 25 heavy (non-hydrogen) atoms. The van der Waals surface area contributed by atoms with Gasteiger partial charge in [0, 0.05) is 31.7 Å². The summed E-state index contributed by atoms with van der Waals surface area (Å²) in [5.41, 5.74) is 4.17. The summed E-state index contributed by atoms with van der Waals surface area (Å²) in [6, 6.07) is 14.2. The molecule has 4 nitrogen and oxygen atoms in total. The first-order valence-electron chi connectivity index (χ1n) is 8.93. The van der Waals surface area contributed by atoms with Gasteiger partial charge in [0.15, 0.2) is 0 Å². The first-order chi connectivity index (χ1) is 12.1. The van der Waals surface area contributed by atoms with E-state index in [2.05, 4.69) is 17.0 Å². The SMILES string of the molecule is CCOc1ccccc1N1CCN(C(=O)c2cc(C)cc(C)c2)CC1. The minimum absolute atomic E-state index is 0.129. The van der Waals surface area contributed by atoms with E-state index in [0.717, 1.165) is 54.3 Å². The van der Waals surface area contributed by atoms with Gasteiger partial charge in [-0.05, 0) is 45.0 Å². The predicted octanol–water partition coefficient (Wildman–Crippen LogP) is 3.66. The minimum Gasteiger partial charge on any atom is -0.492 e. The van der Waals surface area contributed by atoms with Crippen LogP contribution in [0.15, 0.2) is 42.5 Å². The molecule has 1 heterocycles. The van der Waals surface area contributed by atoms with Gasteiger partial charge in [-0.15, -0.1) is 0 Å². The van der Waals surface area contributed by atoms with Crippen LogP contribution in [0.25, 0.3) is 0 Å². The molecule has 2 aromatic rings. The quantitative estimate of drug-likeness (QED) is 0.853. The smallest absolute Gasteiger partial charge is 0.253 e. The normalized spacial score (nSPS) is 14.5. The molecule has 1 fully saturated rings. The summed E-state index contributed by atoms with van der Waals surface area (Å²) in [4.78, 5) is 17.1. The summed E-state index contributed by atoms with van der Waals surface area (Å²) < 4.78 is 5.74. The van der Waals surface area contributed by atoms with Crippen LogP contribution in [0.5, 0.6) is 5.75 Å². The van der Waals surface area contributed by atoms with E-state index in [9.17, 15) is 4.79 Å². The van der Waals surface area contributed by atoms with Crippen molar-refractivity contribution in [1.29, 1.82) is 0 Å². The zero-order valence-corrected chi connectivity index (χ0v) is 15.3. The second-order valence-corrected chi connectivity index (χ2v) is 6.56. The number of amides is 1. The van der Waals surface area contributed by atoms with Gasteiger partial charge in [0.1, 0.15) is 5.75 Å². The molecule has 4 heteroatoms. The van der Waals surface area contributed by atoms with E-state index >= 15 is 0 Å². The molecule has 1 amide bonds. The molecule has 132 valence electrons. The van der Waals surface area contributed by atoms with E-state index < -0.39 is 0 Å². The second kappa shape index (κ2) is 7.60. The molecule has 1 aliphatic heterocycles. The Morgan fingerprint density at radius 2 is 1.64 bits per heavy atom. The van der Waals surface area contributed by atoms with Crippen LogP contribution in [0, 0.1) is 13.8 Å². The average Bonchev–Trinajstić information content (AvgIpc) is 2.61. The van der Waals surface area contributed by atoms with E-state index in [-0.39, 0.29) is 5.91 Å². The van der Waals surface area contributed by atoms with Crippen molar-refractivity contribution >= 4 is 11.6 Å². The Hall–Kier alpha value is -2.49. The number of rotatable bonds is 4. The fourth-order valence-corrected chi connectivity index (χ4v) is 3.43. The topological polar surface area (TPSA) is 32.8 Å². The summed E-state index contributed by atoms with van der Waals surface area (Å²) in [7, 11) is 0. The van der Waals surface area contributed by atoms with E-state index in [4.69, 9.17) is 4.74 Å². The fourth-order valence-electron chi connectivity index (χ4n) is 3.43. The lowest BCUT2D eigenvalue weighted by Crippen LogP contribution is -2.48. The van der Waals surface area contributed by atoms with Crippen molar-refractivity contribution in [1.82, 2.24) is 4.90 Å². The monoisotopic (exact) mass is 338 g/mol. The highest BCUT2D eigenvalue weighted by Crippen LogP contribution is 2.29. The zero-order chi connectivity index (χ0) is 17.8. The Labute approximate surface area is 150 Å². The van der Waals surface area contributed by atoms with E-state index in [1.54, 1.807) is 0 Å². The molecule has 0 spiro atoms. The highest BCUT2D eigenvalue weighted by Gasteiger charge is 2.24. The molecule has 1 saturated heterocycles. The van der Waals surface area contributed by atoms with Gasteiger partial charge in [-0.2, -0.15) is 0 Å². The second-order valence-electron chi connectivity index (χ2n) is 6.56. The van der Waals surface area contributed by atoms with Crippen LogP contribution in [0.1, 0.15) is 28.4 Å². The Kier molecular flexibility index (Phi) is 5.27. The minimum atomic E-state index is 0.129. The molecule has 3 rings (SSSR count). The Bertz CT molecular complexity index is 729. The van der Waals surface area contributed by atoms with Crippen LogP contribution >= 0.6 is 0 Å². The maximum absolute atomic E-state index is 12.8. The van der Waals surface area contributed by atoms with Gasteiger partial charge >= 0.3 is 0 Å². The molecule has 0 saturated carbocycles. The van der Waals surface area contributed by atoms with Crippen LogP contribution in [0.3, 0.4) is 0 Å². The highest BCUT2D eigenvalue weighted by atomic mass is 16.5. The maximum Gasteiger partial charge on any atom is 0.253 e. The number of hydrogen-bond donors (Lipinski definition) is 0. The Morgan fingerprint density at radius 1 is 1.00 bits per heavy atom. The summed E-state index contributed by atoms with van der Waals surface area (Å²) in [5.74, 6) is 1.05. The number of para-hydroxylation sites is 2. The van der Waals surface area contributed by atoms with Gasteiger partial charge in [-0.3, -0.25) is 4.79 Å². The van der Waals surface area contributed by atoms with Crippen molar-refractivity contribution < 1.29 is 9.53 Å². The van der Waals surface area contributed by atoms with Crippen molar-refractivity contribution in [3.05, 3.63) is 59.2 Å².